The molecule has 2 aromatic rings. The molecule has 1 heterocycles. The molecule has 0 radical (unpaired) electrons. The third kappa shape index (κ3) is 3.18. The Kier molecular flexibility index (Phi) is 4.19. The van der Waals surface area contributed by atoms with E-state index in [4.69, 9.17) is 5.26 Å². The zero-order chi connectivity index (χ0) is 15.4. The number of hydrogen-bond donors (Lipinski definition) is 2. The molecule has 0 saturated carbocycles. The number of nitriles is 1. The van der Waals surface area contributed by atoms with Crippen molar-refractivity contribution in [1.29, 1.82) is 5.26 Å². The van der Waals surface area contributed by atoms with Gasteiger partial charge in [-0.25, -0.2) is 0 Å². The first-order valence-electron chi connectivity index (χ1n) is 6.51. The summed E-state index contributed by atoms with van der Waals surface area (Å²) in [6, 6.07) is 9.06. The Balaban J connectivity index is 2.32. The number of hydrogen-bond acceptors (Lipinski definition) is 4. The Morgan fingerprint density at radius 1 is 1.24 bits per heavy atom. The van der Waals surface area contributed by atoms with Crippen molar-refractivity contribution in [2.45, 2.75) is 13.8 Å². The van der Waals surface area contributed by atoms with Crippen LogP contribution in [-0.2, 0) is 0 Å². The first kappa shape index (κ1) is 14.5. The van der Waals surface area contributed by atoms with Crippen LogP contribution in [0.25, 0.3) is 0 Å². The van der Waals surface area contributed by atoms with Gasteiger partial charge in [0.25, 0.3) is 5.91 Å². The van der Waals surface area contributed by atoms with Gasteiger partial charge in [-0.2, -0.15) is 5.26 Å². The number of rotatable bonds is 3. The molecule has 0 fully saturated rings. The zero-order valence-corrected chi connectivity index (χ0v) is 12.2. The minimum absolute atomic E-state index is 0.259. The maximum Gasteiger partial charge on any atom is 0.259 e. The summed E-state index contributed by atoms with van der Waals surface area (Å²) in [6.07, 6.45) is 1.54. The molecule has 2 rings (SSSR count). The summed E-state index contributed by atoms with van der Waals surface area (Å²) in [4.78, 5) is 16.5. The first-order valence-corrected chi connectivity index (χ1v) is 6.51. The van der Waals surface area contributed by atoms with Crippen molar-refractivity contribution in [2.75, 3.05) is 17.7 Å². The van der Waals surface area contributed by atoms with Gasteiger partial charge >= 0.3 is 0 Å². The number of pyridine rings is 1. The van der Waals surface area contributed by atoms with E-state index < -0.39 is 0 Å². The summed E-state index contributed by atoms with van der Waals surface area (Å²) in [5, 5.41) is 14.7. The van der Waals surface area contributed by atoms with E-state index in [1.807, 2.05) is 19.9 Å². The van der Waals surface area contributed by atoms with Crippen molar-refractivity contribution in [1.82, 2.24) is 4.98 Å². The number of anilines is 2. The van der Waals surface area contributed by atoms with Crippen LogP contribution in [-0.4, -0.2) is 17.9 Å². The number of nitrogens with zero attached hydrogens (tertiary/aromatic N) is 2. The van der Waals surface area contributed by atoms with Crippen molar-refractivity contribution in [3.63, 3.8) is 0 Å². The van der Waals surface area contributed by atoms with Crippen molar-refractivity contribution in [3.8, 4) is 6.07 Å². The van der Waals surface area contributed by atoms with Crippen molar-refractivity contribution < 1.29 is 4.79 Å². The summed E-state index contributed by atoms with van der Waals surface area (Å²) in [6.45, 7) is 3.74. The zero-order valence-electron chi connectivity index (χ0n) is 12.2. The standard InChI is InChI=1S/C16H16N4O/c1-10-4-5-12(8-17)7-14(10)20-16(21)13-9-19-11(2)6-15(13)18-3/h4-7,9H,1-3H3,(H,18,19)(H,20,21). The van der Waals surface area contributed by atoms with Gasteiger partial charge in [-0.05, 0) is 37.6 Å². The molecular formula is C16H16N4O. The summed E-state index contributed by atoms with van der Waals surface area (Å²) in [5.74, 6) is -0.259. The van der Waals surface area contributed by atoms with Gasteiger partial charge in [0.1, 0.15) is 0 Å². The van der Waals surface area contributed by atoms with Gasteiger partial charge in [0, 0.05) is 24.6 Å². The third-order valence-electron chi connectivity index (χ3n) is 3.17. The Labute approximate surface area is 123 Å². The van der Waals surface area contributed by atoms with Crippen LogP contribution in [0.1, 0.15) is 27.2 Å². The molecular weight excluding hydrogens is 264 g/mol. The van der Waals surface area contributed by atoms with E-state index in [1.165, 1.54) is 0 Å². The molecule has 1 amide bonds. The fourth-order valence-electron chi connectivity index (χ4n) is 1.96. The number of carbonyl (C=O) groups is 1. The van der Waals surface area contributed by atoms with Gasteiger partial charge < -0.3 is 10.6 Å². The average Bonchev–Trinajstić information content (AvgIpc) is 2.49. The summed E-state index contributed by atoms with van der Waals surface area (Å²) in [5.41, 5.74) is 4.04. The topological polar surface area (TPSA) is 77.8 Å². The lowest BCUT2D eigenvalue weighted by atomic mass is 10.1. The van der Waals surface area contributed by atoms with Crippen LogP contribution in [0.5, 0.6) is 0 Å². The van der Waals surface area contributed by atoms with E-state index in [1.54, 1.807) is 31.4 Å². The summed E-state index contributed by atoms with van der Waals surface area (Å²) in [7, 11) is 1.76. The lowest BCUT2D eigenvalue weighted by Crippen LogP contribution is -2.15. The van der Waals surface area contributed by atoms with E-state index in [0.29, 0.717) is 22.5 Å². The van der Waals surface area contributed by atoms with Crippen molar-refractivity contribution in [2.24, 2.45) is 0 Å². The highest BCUT2D eigenvalue weighted by atomic mass is 16.1. The van der Waals surface area contributed by atoms with E-state index in [9.17, 15) is 4.79 Å². The second-order valence-electron chi connectivity index (χ2n) is 4.72. The maximum atomic E-state index is 12.4. The molecule has 1 aromatic heterocycles. The van der Waals surface area contributed by atoms with Crippen LogP contribution >= 0.6 is 0 Å². The SMILES string of the molecule is CNc1cc(C)ncc1C(=O)Nc1cc(C#N)ccc1C. The minimum atomic E-state index is -0.259. The van der Waals surface area contributed by atoms with Gasteiger partial charge in [-0.3, -0.25) is 9.78 Å². The van der Waals surface area contributed by atoms with Crippen LogP contribution in [0.4, 0.5) is 11.4 Å². The first-order chi connectivity index (χ1) is 10.0. The molecule has 0 atom stereocenters. The molecule has 0 aliphatic rings. The van der Waals surface area contributed by atoms with E-state index >= 15 is 0 Å². The third-order valence-corrected chi connectivity index (χ3v) is 3.17. The number of carbonyl (C=O) groups excluding carboxylic acids is 1. The maximum absolute atomic E-state index is 12.4. The monoisotopic (exact) mass is 280 g/mol. The van der Waals surface area contributed by atoms with E-state index in [0.717, 1.165) is 11.3 Å². The van der Waals surface area contributed by atoms with Crippen molar-refractivity contribution in [3.05, 3.63) is 52.8 Å². The number of benzene rings is 1. The molecule has 21 heavy (non-hydrogen) atoms. The average molecular weight is 280 g/mol. The number of aryl methyl sites for hydroxylation is 2. The molecule has 0 bridgehead atoms. The molecule has 0 unspecified atom stereocenters. The highest BCUT2D eigenvalue weighted by Gasteiger charge is 2.13. The molecule has 5 nitrogen and oxygen atoms in total. The summed E-state index contributed by atoms with van der Waals surface area (Å²) >= 11 is 0. The fourth-order valence-corrected chi connectivity index (χ4v) is 1.96. The molecule has 106 valence electrons. The van der Waals surface area contributed by atoms with Gasteiger partial charge in [0.2, 0.25) is 0 Å². The van der Waals surface area contributed by atoms with Gasteiger partial charge in [-0.1, -0.05) is 6.07 Å². The Bertz CT molecular complexity index is 732. The minimum Gasteiger partial charge on any atom is -0.387 e. The highest BCUT2D eigenvalue weighted by Crippen LogP contribution is 2.20. The molecule has 0 spiro atoms. The number of nitrogens with one attached hydrogen (secondary N) is 2. The van der Waals surface area contributed by atoms with Crippen molar-refractivity contribution >= 4 is 17.3 Å². The quantitative estimate of drug-likeness (QED) is 0.906. The molecule has 0 saturated heterocycles. The van der Waals surface area contributed by atoms with Crippen LogP contribution < -0.4 is 10.6 Å². The van der Waals surface area contributed by atoms with Gasteiger partial charge in [0.15, 0.2) is 0 Å². The number of amides is 1. The fraction of sp³-hybridized carbons (Fsp3) is 0.188. The Morgan fingerprint density at radius 2 is 2.00 bits per heavy atom. The second kappa shape index (κ2) is 6.06. The Hall–Kier alpha value is -2.87. The number of aromatic nitrogens is 1. The van der Waals surface area contributed by atoms with Gasteiger partial charge in [-0.15, -0.1) is 0 Å². The smallest absolute Gasteiger partial charge is 0.259 e. The normalized spacial score (nSPS) is 9.81. The molecule has 0 aliphatic heterocycles. The highest BCUT2D eigenvalue weighted by molar-refractivity contribution is 6.08. The molecule has 1 aromatic carbocycles. The lowest BCUT2D eigenvalue weighted by Gasteiger charge is -2.12. The summed E-state index contributed by atoms with van der Waals surface area (Å²) < 4.78 is 0. The molecule has 0 aliphatic carbocycles. The lowest BCUT2D eigenvalue weighted by molar-refractivity contribution is 0.102. The van der Waals surface area contributed by atoms with Crippen LogP contribution in [0.2, 0.25) is 0 Å². The van der Waals surface area contributed by atoms with Crippen LogP contribution in [0.15, 0.2) is 30.5 Å². The van der Waals surface area contributed by atoms with Gasteiger partial charge in [0.05, 0.1) is 22.9 Å². The van der Waals surface area contributed by atoms with E-state index in [-0.39, 0.29) is 5.91 Å². The second-order valence-corrected chi connectivity index (χ2v) is 4.72. The van der Waals surface area contributed by atoms with Crippen LogP contribution in [0.3, 0.4) is 0 Å². The molecule has 2 N–H and O–H groups in total. The molecule has 5 heteroatoms. The largest absolute Gasteiger partial charge is 0.387 e. The predicted molar refractivity (Wildman–Crippen MR) is 82.4 cm³/mol. The Morgan fingerprint density at radius 3 is 2.67 bits per heavy atom. The van der Waals surface area contributed by atoms with E-state index in [2.05, 4.69) is 21.7 Å². The predicted octanol–water partition coefficient (Wildman–Crippen LogP) is 2.86. The van der Waals surface area contributed by atoms with Crippen LogP contribution in [0, 0.1) is 25.2 Å².